The number of rotatable bonds is 5. The van der Waals surface area contributed by atoms with E-state index in [1.807, 2.05) is 43.3 Å². The Morgan fingerprint density at radius 2 is 1.77 bits per heavy atom. The topological polar surface area (TPSA) is 78.5 Å². The molecule has 3 amide bonds. The summed E-state index contributed by atoms with van der Waals surface area (Å²) in [6.45, 7) is 1.61. The fourth-order valence-electron chi connectivity index (χ4n) is 2.68. The van der Waals surface area contributed by atoms with Crippen LogP contribution >= 0.6 is 39.9 Å². The van der Waals surface area contributed by atoms with Crippen molar-refractivity contribution in [2.45, 2.75) is 6.92 Å². The van der Waals surface area contributed by atoms with E-state index in [1.54, 1.807) is 30.3 Å². The van der Waals surface area contributed by atoms with Gasteiger partial charge in [-0.15, -0.1) is 0 Å². The van der Waals surface area contributed by atoms with Crippen molar-refractivity contribution in [3.8, 4) is 0 Å². The number of benzene rings is 2. The van der Waals surface area contributed by atoms with E-state index in [0.717, 1.165) is 27.4 Å². The molecule has 31 heavy (non-hydrogen) atoms. The molecule has 3 rings (SSSR count). The predicted octanol–water partition coefficient (Wildman–Crippen LogP) is 4.06. The van der Waals surface area contributed by atoms with Gasteiger partial charge in [0.2, 0.25) is 0 Å². The Bertz CT molecular complexity index is 1080. The molecule has 0 atom stereocenters. The molecule has 0 unspecified atom stereocenters. The van der Waals surface area contributed by atoms with Crippen LogP contribution in [0.3, 0.4) is 0 Å². The Morgan fingerprint density at radius 1 is 1.10 bits per heavy atom. The van der Waals surface area contributed by atoms with Crippen LogP contribution < -0.4 is 10.9 Å². The van der Waals surface area contributed by atoms with Crippen LogP contribution in [-0.4, -0.2) is 33.5 Å². The van der Waals surface area contributed by atoms with Gasteiger partial charge in [0, 0.05) is 10.0 Å². The first kappa shape index (κ1) is 22.9. The van der Waals surface area contributed by atoms with Gasteiger partial charge < -0.3 is 0 Å². The van der Waals surface area contributed by atoms with Crippen LogP contribution in [0.4, 0.5) is 0 Å². The third-order valence-corrected chi connectivity index (χ3v) is 6.06. The van der Waals surface area contributed by atoms with Gasteiger partial charge in [-0.25, -0.2) is 0 Å². The maximum absolute atomic E-state index is 12.7. The highest BCUT2D eigenvalue weighted by Crippen LogP contribution is 2.31. The van der Waals surface area contributed by atoms with Gasteiger partial charge in [-0.1, -0.05) is 76.3 Å². The molecule has 1 heterocycles. The number of carbonyl (C=O) groups is 3. The first-order valence-corrected chi connectivity index (χ1v) is 11.2. The smallest absolute Gasteiger partial charge is 0.269 e. The average Bonchev–Trinajstić information content (AvgIpc) is 3.00. The summed E-state index contributed by atoms with van der Waals surface area (Å²) in [6, 6.07) is 16.4. The average molecular weight is 516 g/mol. The van der Waals surface area contributed by atoms with E-state index < -0.39 is 11.8 Å². The van der Waals surface area contributed by atoms with Crippen molar-refractivity contribution in [1.29, 1.82) is 0 Å². The van der Waals surface area contributed by atoms with Crippen LogP contribution in [0.2, 0.25) is 0 Å². The summed E-state index contributed by atoms with van der Waals surface area (Å²) in [4.78, 5) is 38.6. The molecule has 6 nitrogen and oxygen atoms in total. The number of thioether (sulfide) groups is 1. The summed E-state index contributed by atoms with van der Waals surface area (Å²) < 4.78 is 1.13. The second-order valence-corrected chi connectivity index (χ2v) is 9.17. The van der Waals surface area contributed by atoms with Crippen molar-refractivity contribution in [3.05, 3.63) is 86.8 Å². The highest BCUT2D eigenvalue weighted by molar-refractivity contribution is 9.10. The number of thiocarbonyl (C=S) groups is 1. The highest BCUT2D eigenvalue weighted by atomic mass is 79.9. The summed E-state index contributed by atoms with van der Waals surface area (Å²) in [6.07, 6.45) is 3.70. The zero-order valence-corrected chi connectivity index (χ0v) is 19.6. The molecule has 1 aliphatic rings. The molecule has 1 saturated heterocycles. The number of nitrogens with one attached hydrogen (secondary N) is 2. The number of amides is 3. The Morgan fingerprint density at radius 3 is 2.45 bits per heavy atom. The number of hydrazine groups is 1. The van der Waals surface area contributed by atoms with E-state index in [2.05, 4.69) is 26.8 Å². The van der Waals surface area contributed by atoms with E-state index in [1.165, 1.54) is 4.90 Å². The predicted molar refractivity (Wildman–Crippen MR) is 130 cm³/mol. The fraction of sp³-hybridized carbons (Fsp3) is 0.0909. The lowest BCUT2D eigenvalue weighted by Crippen LogP contribution is -2.47. The standard InChI is InChI=1S/C22H18BrN3O3S2/c1-14(11-15-5-3-2-4-6-15)12-18-21(29)26(22(30)31-18)13-19(27)24-25-20(28)16-7-9-17(23)10-8-16/h2-12H,13H2,1H3,(H,24,27)(H,25,28)/b14-11+,18-12-. The lowest BCUT2D eigenvalue weighted by Gasteiger charge is -2.14. The zero-order chi connectivity index (χ0) is 22.4. The van der Waals surface area contributed by atoms with Gasteiger partial charge in [0.05, 0.1) is 4.91 Å². The molecule has 1 fully saturated rings. The SMILES string of the molecule is CC(/C=C1\SC(=S)N(CC(=O)NNC(=O)c2ccc(Br)cc2)C1=O)=C\c1ccccc1. The molecule has 0 saturated carbocycles. The Hall–Kier alpha value is -2.75. The summed E-state index contributed by atoms with van der Waals surface area (Å²) >= 11 is 9.69. The first-order valence-electron chi connectivity index (χ1n) is 9.17. The quantitative estimate of drug-likeness (QED) is 0.356. The van der Waals surface area contributed by atoms with E-state index in [4.69, 9.17) is 12.2 Å². The van der Waals surface area contributed by atoms with Gasteiger partial charge in [0.1, 0.15) is 10.9 Å². The van der Waals surface area contributed by atoms with Crippen molar-refractivity contribution in [2.24, 2.45) is 0 Å². The lowest BCUT2D eigenvalue weighted by atomic mass is 10.1. The van der Waals surface area contributed by atoms with Crippen molar-refractivity contribution < 1.29 is 14.4 Å². The number of allylic oxidation sites excluding steroid dienone is 2. The largest absolute Gasteiger partial charge is 0.283 e. The molecular formula is C22H18BrN3O3S2. The third kappa shape index (κ3) is 6.36. The summed E-state index contributed by atoms with van der Waals surface area (Å²) in [5.74, 6) is -1.36. The second-order valence-electron chi connectivity index (χ2n) is 6.58. The van der Waals surface area contributed by atoms with Gasteiger partial charge in [-0.05, 0) is 48.4 Å². The van der Waals surface area contributed by atoms with Gasteiger partial charge in [-0.2, -0.15) is 0 Å². The number of carbonyl (C=O) groups excluding carboxylic acids is 3. The van der Waals surface area contributed by atoms with E-state index >= 15 is 0 Å². The van der Waals surface area contributed by atoms with Crippen molar-refractivity contribution in [2.75, 3.05) is 6.54 Å². The molecule has 0 bridgehead atoms. The van der Waals surface area contributed by atoms with Gasteiger partial charge in [-0.3, -0.25) is 30.1 Å². The van der Waals surface area contributed by atoms with Crippen LogP contribution in [0.5, 0.6) is 0 Å². The van der Waals surface area contributed by atoms with Crippen LogP contribution in [0.1, 0.15) is 22.8 Å². The van der Waals surface area contributed by atoms with Crippen LogP contribution in [0.15, 0.2) is 75.6 Å². The third-order valence-electron chi connectivity index (χ3n) is 4.15. The van der Waals surface area contributed by atoms with Crippen LogP contribution in [-0.2, 0) is 9.59 Å². The van der Waals surface area contributed by atoms with E-state index in [-0.39, 0.29) is 16.8 Å². The first-order chi connectivity index (χ1) is 14.8. The molecule has 158 valence electrons. The van der Waals surface area contributed by atoms with Gasteiger partial charge in [0.25, 0.3) is 17.7 Å². The minimum atomic E-state index is -0.556. The maximum Gasteiger partial charge on any atom is 0.269 e. The molecule has 2 aromatic rings. The maximum atomic E-state index is 12.7. The van der Waals surface area contributed by atoms with Gasteiger partial charge >= 0.3 is 0 Å². The van der Waals surface area contributed by atoms with Crippen molar-refractivity contribution in [3.63, 3.8) is 0 Å². The minimum Gasteiger partial charge on any atom is -0.283 e. The number of hydrogen-bond acceptors (Lipinski definition) is 5. The molecule has 9 heteroatoms. The Balaban J connectivity index is 1.58. The monoisotopic (exact) mass is 515 g/mol. The van der Waals surface area contributed by atoms with Crippen molar-refractivity contribution >= 4 is 68.0 Å². The molecule has 2 aromatic carbocycles. The lowest BCUT2D eigenvalue weighted by molar-refractivity contribution is -0.129. The summed E-state index contributed by atoms with van der Waals surface area (Å²) in [5.41, 5.74) is 6.93. The molecule has 0 aromatic heterocycles. The van der Waals surface area contributed by atoms with E-state index in [9.17, 15) is 14.4 Å². The zero-order valence-electron chi connectivity index (χ0n) is 16.4. The fourth-order valence-corrected chi connectivity index (χ4v) is 4.25. The molecule has 0 radical (unpaired) electrons. The second kappa shape index (κ2) is 10.5. The minimum absolute atomic E-state index is 0.288. The molecule has 0 aliphatic carbocycles. The normalized spacial score (nSPS) is 15.4. The summed E-state index contributed by atoms with van der Waals surface area (Å²) in [5, 5.41) is 0. The molecule has 1 aliphatic heterocycles. The summed E-state index contributed by atoms with van der Waals surface area (Å²) in [7, 11) is 0. The van der Waals surface area contributed by atoms with Crippen molar-refractivity contribution in [1.82, 2.24) is 15.8 Å². The highest BCUT2D eigenvalue weighted by Gasteiger charge is 2.33. The van der Waals surface area contributed by atoms with Crippen LogP contribution in [0, 0.1) is 0 Å². The molecular weight excluding hydrogens is 498 g/mol. The van der Waals surface area contributed by atoms with Crippen LogP contribution in [0.25, 0.3) is 6.08 Å². The molecule has 2 N–H and O–H groups in total. The number of halogens is 1. The van der Waals surface area contributed by atoms with E-state index in [0.29, 0.717) is 10.5 Å². The Kier molecular flexibility index (Phi) is 7.78. The number of nitrogens with zero attached hydrogens (tertiary/aromatic N) is 1. The number of hydrogen-bond donors (Lipinski definition) is 2. The Labute approximate surface area is 197 Å². The van der Waals surface area contributed by atoms with Gasteiger partial charge in [0.15, 0.2) is 0 Å². The molecule has 0 spiro atoms.